The Balaban J connectivity index is 2.40. The van der Waals surface area contributed by atoms with Crippen molar-refractivity contribution in [1.82, 2.24) is 4.90 Å². The van der Waals surface area contributed by atoms with E-state index >= 15 is 0 Å². The fourth-order valence-electron chi connectivity index (χ4n) is 1.78. The summed E-state index contributed by atoms with van der Waals surface area (Å²) in [5.74, 6) is 0. The second-order valence-corrected chi connectivity index (χ2v) is 4.18. The molecule has 0 spiro atoms. The van der Waals surface area contributed by atoms with Gasteiger partial charge in [0, 0.05) is 19.5 Å². The zero-order valence-electron chi connectivity index (χ0n) is 8.62. The molecule has 1 aliphatic carbocycles. The smallest absolute Gasteiger partial charge is 0.251 e. The maximum absolute atomic E-state index is 12.2. The summed E-state index contributed by atoms with van der Waals surface area (Å²) in [6.07, 6.45) is -0.0789. The van der Waals surface area contributed by atoms with Crippen molar-refractivity contribution in [3.63, 3.8) is 0 Å². The van der Waals surface area contributed by atoms with E-state index in [-0.39, 0.29) is 25.1 Å². The largest absolute Gasteiger partial charge is 0.395 e. The topological polar surface area (TPSA) is 47.3 Å². The van der Waals surface area contributed by atoms with Crippen LogP contribution in [0.25, 0.3) is 0 Å². The molecule has 1 fully saturated rings. The van der Waals surface area contributed by atoms with Crippen LogP contribution in [-0.2, 0) is 0 Å². The first kappa shape index (κ1) is 12.3. The van der Waals surface area contributed by atoms with Crippen LogP contribution in [0.3, 0.4) is 0 Å². The maximum Gasteiger partial charge on any atom is 0.251 e. The molecule has 0 unspecified atom stereocenters. The van der Waals surface area contributed by atoms with Gasteiger partial charge in [-0.1, -0.05) is 0 Å². The van der Waals surface area contributed by atoms with E-state index in [0.29, 0.717) is 13.0 Å². The highest BCUT2D eigenvalue weighted by atomic mass is 19.3. The number of hydrogen-bond acceptors (Lipinski definition) is 3. The predicted octanol–water partition coefficient (Wildman–Crippen LogP) is 1.24. The van der Waals surface area contributed by atoms with Crippen molar-refractivity contribution >= 4 is 0 Å². The molecule has 1 N–H and O–H groups in total. The Morgan fingerprint density at radius 2 is 2.13 bits per heavy atom. The van der Waals surface area contributed by atoms with Gasteiger partial charge in [-0.15, -0.1) is 0 Å². The third-order valence-corrected chi connectivity index (χ3v) is 2.78. The Bertz CT molecular complexity index is 236. The van der Waals surface area contributed by atoms with Crippen molar-refractivity contribution in [3.05, 3.63) is 0 Å². The van der Waals surface area contributed by atoms with E-state index in [1.165, 1.54) is 0 Å². The Hall–Kier alpha value is -0.730. The SMILES string of the molecule is N#CCC1(CN(CCO)CC(F)F)CC1. The minimum Gasteiger partial charge on any atom is -0.395 e. The molecule has 1 aliphatic rings. The minimum atomic E-state index is -2.38. The van der Waals surface area contributed by atoms with E-state index in [1.54, 1.807) is 4.90 Å². The van der Waals surface area contributed by atoms with E-state index in [0.717, 1.165) is 12.8 Å². The molecule has 0 saturated heterocycles. The van der Waals surface area contributed by atoms with Crippen LogP contribution in [0.2, 0.25) is 0 Å². The molecule has 0 atom stereocenters. The van der Waals surface area contributed by atoms with Gasteiger partial charge in [0.2, 0.25) is 0 Å². The Labute approximate surface area is 88.3 Å². The van der Waals surface area contributed by atoms with Gasteiger partial charge in [0.05, 0.1) is 19.2 Å². The van der Waals surface area contributed by atoms with Crippen molar-refractivity contribution < 1.29 is 13.9 Å². The molecule has 15 heavy (non-hydrogen) atoms. The molecule has 1 saturated carbocycles. The second-order valence-electron chi connectivity index (χ2n) is 4.18. The van der Waals surface area contributed by atoms with Gasteiger partial charge in [0.25, 0.3) is 6.43 Å². The summed E-state index contributed by atoms with van der Waals surface area (Å²) in [6, 6.07) is 2.09. The molecule has 0 aliphatic heterocycles. The molecule has 0 amide bonds. The van der Waals surface area contributed by atoms with Crippen LogP contribution < -0.4 is 0 Å². The third-order valence-electron chi connectivity index (χ3n) is 2.78. The molecule has 5 heteroatoms. The Morgan fingerprint density at radius 1 is 1.47 bits per heavy atom. The molecule has 0 aromatic carbocycles. The average molecular weight is 218 g/mol. The van der Waals surface area contributed by atoms with Crippen molar-refractivity contribution in [1.29, 1.82) is 5.26 Å². The molecular weight excluding hydrogens is 202 g/mol. The van der Waals surface area contributed by atoms with Gasteiger partial charge in [-0.2, -0.15) is 5.26 Å². The van der Waals surface area contributed by atoms with Crippen LogP contribution >= 0.6 is 0 Å². The third kappa shape index (κ3) is 4.10. The maximum atomic E-state index is 12.2. The summed E-state index contributed by atoms with van der Waals surface area (Å²) < 4.78 is 24.4. The lowest BCUT2D eigenvalue weighted by molar-refractivity contribution is 0.0676. The molecule has 86 valence electrons. The lowest BCUT2D eigenvalue weighted by Gasteiger charge is -2.25. The van der Waals surface area contributed by atoms with Gasteiger partial charge in [-0.25, -0.2) is 8.78 Å². The van der Waals surface area contributed by atoms with Crippen LogP contribution in [0.1, 0.15) is 19.3 Å². The number of halogens is 2. The van der Waals surface area contributed by atoms with E-state index in [9.17, 15) is 8.78 Å². The van der Waals surface area contributed by atoms with Gasteiger partial charge in [-0.05, 0) is 18.3 Å². The van der Waals surface area contributed by atoms with Crippen LogP contribution in [-0.4, -0.2) is 42.7 Å². The van der Waals surface area contributed by atoms with Crippen LogP contribution in [0.4, 0.5) is 8.78 Å². The zero-order valence-corrected chi connectivity index (χ0v) is 8.62. The highest BCUT2D eigenvalue weighted by Crippen LogP contribution is 2.49. The quantitative estimate of drug-likeness (QED) is 0.699. The normalized spacial score (nSPS) is 18.1. The highest BCUT2D eigenvalue weighted by molar-refractivity contribution is 5.01. The van der Waals surface area contributed by atoms with Crippen LogP contribution in [0.5, 0.6) is 0 Å². The van der Waals surface area contributed by atoms with Gasteiger partial charge in [0.15, 0.2) is 0 Å². The monoisotopic (exact) mass is 218 g/mol. The van der Waals surface area contributed by atoms with Gasteiger partial charge < -0.3 is 5.11 Å². The first-order valence-electron chi connectivity index (χ1n) is 5.10. The van der Waals surface area contributed by atoms with Crippen molar-refractivity contribution in [2.75, 3.05) is 26.2 Å². The molecule has 1 rings (SSSR count). The van der Waals surface area contributed by atoms with Crippen LogP contribution in [0, 0.1) is 16.7 Å². The predicted molar refractivity (Wildman–Crippen MR) is 51.4 cm³/mol. The Kier molecular flexibility index (Phi) is 4.43. The Morgan fingerprint density at radius 3 is 2.53 bits per heavy atom. The molecule has 0 bridgehead atoms. The summed E-state index contributed by atoms with van der Waals surface area (Å²) in [5, 5.41) is 17.3. The molecule has 3 nitrogen and oxygen atoms in total. The van der Waals surface area contributed by atoms with E-state index in [4.69, 9.17) is 10.4 Å². The summed E-state index contributed by atoms with van der Waals surface area (Å²) in [6.45, 7) is 0.339. The van der Waals surface area contributed by atoms with Crippen molar-refractivity contribution in [2.45, 2.75) is 25.7 Å². The number of nitrogens with zero attached hydrogens (tertiary/aromatic N) is 2. The zero-order chi connectivity index (χ0) is 11.3. The number of aliphatic hydroxyl groups excluding tert-OH is 1. The fraction of sp³-hybridized carbons (Fsp3) is 0.900. The molecular formula is C10H16F2N2O. The molecule has 0 radical (unpaired) electrons. The lowest BCUT2D eigenvalue weighted by Crippen LogP contribution is -2.36. The summed E-state index contributed by atoms with van der Waals surface area (Å²) >= 11 is 0. The standard InChI is InChI=1S/C10H16F2N2O/c11-9(12)7-14(5-6-15)8-10(1-2-10)3-4-13/h9,15H,1-3,5-8H2. The van der Waals surface area contributed by atoms with E-state index in [1.807, 2.05) is 0 Å². The van der Waals surface area contributed by atoms with Crippen LogP contribution in [0.15, 0.2) is 0 Å². The lowest BCUT2D eigenvalue weighted by atomic mass is 10.0. The molecule has 0 aromatic heterocycles. The number of aliphatic hydroxyl groups is 1. The first-order valence-corrected chi connectivity index (χ1v) is 5.10. The number of rotatable bonds is 7. The fourth-order valence-corrected chi connectivity index (χ4v) is 1.78. The summed E-state index contributed by atoms with van der Waals surface area (Å²) in [5.41, 5.74) is -0.0706. The van der Waals surface area contributed by atoms with Gasteiger partial charge >= 0.3 is 0 Å². The van der Waals surface area contributed by atoms with Gasteiger partial charge in [0.1, 0.15) is 0 Å². The average Bonchev–Trinajstić information content (AvgIpc) is 2.84. The second kappa shape index (κ2) is 5.38. The molecule has 0 heterocycles. The number of hydrogen-bond donors (Lipinski definition) is 1. The summed E-state index contributed by atoms with van der Waals surface area (Å²) in [4.78, 5) is 1.55. The van der Waals surface area contributed by atoms with Crippen molar-refractivity contribution in [3.8, 4) is 6.07 Å². The highest BCUT2D eigenvalue weighted by Gasteiger charge is 2.43. The minimum absolute atomic E-state index is 0.0706. The van der Waals surface area contributed by atoms with Crippen molar-refractivity contribution in [2.24, 2.45) is 5.41 Å². The number of alkyl halides is 2. The van der Waals surface area contributed by atoms with E-state index in [2.05, 4.69) is 6.07 Å². The first-order chi connectivity index (χ1) is 7.12. The van der Waals surface area contributed by atoms with E-state index < -0.39 is 6.43 Å². The summed E-state index contributed by atoms with van der Waals surface area (Å²) in [7, 11) is 0. The molecule has 0 aromatic rings. The number of nitriles is 1. The van der Waals surface area contributed by atoms with Gasteiger partial charge in [-0.3, -0.25) is 4.90 Å².